The molecule has 0 saturated carbocycles. The second-order valence-electron chi connectivity index (χ2n) is 3.80. The van der Waals surface area contributed by atoms with Crippen molar-refractivity contribution in [2.75, 3.05) is 7.05 Å². The Morgan fingerprint density at radius 1 is 1.41 bits per heavy atom. The van der Waals surface area contributed by atoms with E-state index < -0.39 is 5.79 Å². The van der Waals surface area contributed by atoms with Crippen LogP contribution in [0.3, 0.4) is 0 Å². The second kappa shape index (κ2) is 4.73. The van der Waals surface area contributed by atoms with E-state index in [4.69, 9.17) is 17.3 Å². The van der Waals surface area contributed by atoms with Crippen LogP contribution < -0.4 is 16.4 Å². The highest BCUT2D eigenvalue weighted by atomic mass is 35.5. The monoisotopic (exact) mass is 251 g/mol. The normalized spacial score (nSPS) is 23.5. The molecule has 17 heavy (non-hydrogen) atoms. The number of guanidine groups is 1. The number of rotatable bonds is 2. The summed E-state index contributed by atoms with van der Waals surface area (Å²) in [5.74, 6) is -0.536. The fraction of sp³-hybridized carbons (Fsp3) is 0.273. The predicted octanol–water partition coefficient (Wildman–Crippen LogP) is 0.615. The molecule has 0 saturated heterocycles. The van der Waals surface area contributed by atoms with Gasteiger partial charge in [-0.05, 0) is 17.2 Å². The first kappa shape index (κ1) is 11.9. The van der Waals surface area contributed by atoms with Gasteiger partial charge in [-0.1, -0.05) is 30.3 Å². The lowest BCUT2D eigenvalue weighted by atomic mass is 10.1. The van der Waals surface area contributed by atoms with E-state index in [2.05, 4.69) is 20.6 Å². The van der Waals surface area contributed by atoms with Gasteiger partial charge in [-0.2, -0.15) is 4.99 Å². The molecule has 0 aliphatic carbocycles. The minimum atomic E-state index is -0.960. The van der Waals surface area contributed by atoms with E-state index in [-0.39, 0.29) is 5.29 Å². The average Bonchev–Trinajstić information content (AvgIpc) is 2.28. The number of nitrogens with two attached hydrogens (primary N) is 1. The SMILES string of the molecule is CNC1=NC(N)(Cc2ccccc2)NC(Cl)=N1. The Morgan fingerprint density at radius 2 is 2.12 bits per heavy atom. The molecular formula is C11H14ClN5. The number of halogens is 1. The summed E-state index contributed by atoms with van der Waals surface area (Å²) in [5.41, 5.74) is 7.22. The van der Waals surface area contributed by atoms with E-state index in [1.165, 1.54) is 0 Å². The number of nitrogens with one attached hydrogen (secondary N) is 2. The molecule has 0 bridgehead atoms. The Kier molecular flexibility index (Phi) is 3.31. The minimum Gasteiger partial charge on any atom is -0.357 e. The van der Waals surface area contributed by atoms with Crippen molar-refractivity contribution in [2.45, 2.75) is 12.2 Å². The number of amidine groups is 1. The van der Waals surface area contributed by atoms with Crippen molar-refractivity contribution in [3.05, 3.63) is 35.9 Å². The lowest BCUT2D eigenvalue weighted by molar-refractivity contribution is 0.406. The van der Waals surface area contributed by atoms with Crippen LogP contribution in [-0.4, -0.2) is 24.1 Å². The number of aliphatic imine (C=N–C) groups is 2. The molecule has 90 valence electrons. The summed E-state index contributed by atoms with van der Waals surface area (Å²) in [4.78, 5) is 8.25. The van der Waals surface area contributed by atoms with Gasteiger partial charge in [0.1, 0.15) is 0 Å². The third-order valence-electron chi connectivity index (χ3n) is 2.37. The van der Waals surface area contributed by atoms with Crippen LogP contribution in [0.4, 0.5) is 0 Å². The summed E-state index contributed by atoms with van der Waals surface area (Å²) in [6, 6.07) is 9.85. The van der Waals surface area contributed by atoms with Gasteiger partial charge in [0, 0.05) is 13.5 Å². The van der Waals surface area contributed by atoms with Crippen molar-refractivity contribution in [2.24, 2.45) is 15.7 Å². The zero-order chi connectivity index (χ0) is 12.3. The van der Waals surface area contributed by atoms with E-state index in [1.807, 2.05) is 30.3 Å². The minimum absolute atomic E-state index is 0.239. The summed E-state index contributed by atoms with van der Waals surface area (Å²) >= 11 is 5.88. The van der Waals surface area contributed by atoms with Gasteiger partial charge in [-0.15, -0.1) is 0 Å². The van der Waals surface area contributed by atoms with Crippen LogP contribution in [0.1, 0.15) is 5.56 Å². The first-order valence-electron chi connectivity index (χ1n) is 5.24. The van der Waals surface area contributed by atoms with Gasteiger partial charge in [0.05, 0.1) is 0 Å². The van der Waals surface area contributed by atoms with Crippen LogP contribution in [0, 0.1) is 0 Å². The van der Waals surface area contributed by atoms with E-state index in [0.717, 1.165) is 5.56 Å². The van der Waals surface area contributed by atoms with E-state index in [1.54, 1.807) is 7.05 Å². The lowest BCUT2D eigenvalue weighted by Crippen LogP contribution is -2.58. The number of hydrogen-bond donors (Lipinski definition) is 3. The average molecular weight is 252 g/mol. The van der Waals surface area contributed by atoms with Gasteiger partial charge in [-0.25, -0.2) is 4.99 Å². The summed E-state index contributed by atoms with van der Waals surface area (Å²) < 4.78 is 0. The molecular weight excluding hydrogens is 238 g/mol. The van der Waals surface area contributed by atoms with Crippen molar-refractivity contribution in [3.8, 4) is 0 Å². The van der Waals surface area contributed by atoms with Crippen molar-refractivity contribution in [1.82, 2.24) is 10.6 Å². The molecule has 0 amide bonds. The fourth-order valence-corrected chi connectivity index (χ4v) is 1.89. The molecule has 5 nitrogen and oxygen atoms in total. The van der Waals surface area contributed by atoms with Gasteiger partial charge in [0.2, 0.25) is 11.3 Å². The van der Waals surface area contributed by atoms with E-state index in [9.17, 15) is 0 Å². The van der Waals surface area contributed by atoms with Crippen LogP contribution in [0.2, 0.25) is 0 Å². The maximum atomic E-state index is 6.14. The largest absolute Gasteiger partial charge is 0.357 e. The molecule has 1 aromatic rings. The van der Waals surface area contributed by atoms with Gasteiger partial charge in [-0.3, -0.25) is 5.73 Å². The highest BCUT2D eigenvalue weighted by molar-refractivity contribution is 6.65. The van der Waals surface area contributed by atoms with Gasteiger partial charge < -0.3 is 10.6 Å². The highest BCUT2D eigenvalue weighted by Gasteiger charge is 2.29. The van der Waals surface area contributed by atoms with Crippen molar-refractivity contribution in [1.29, 1.82) is 0 Å². The highest BCUT2D eigenvalue weighted by Crippen LogP contribution is 2.13. The zero-order valence-corrected chi connectivity index (χ0v) is 10.2. The summed E-state index contributed by atoms with van der Waals surface area (Å²) in [5, 5.41) is 5.94. The molecule has 0 aromatic heterocycles. The first-order chi connectivity index (χ1) is 8.11. The fourth-order valence-electron chi connectivity index (χ4n) is 1.64. The standard InChI is InChI=1S/C11H14ClN5/c1-14-10-15-9(12)16-11(13,17-10)7-8-5-3-2-4-6-8/h2-6H,7,13H2,1H3,(H2,14,15,16,17). The van der Waals surface area contributed by atoms with Crippen molar-refractivity contribution in [3.63, 3.8) is 0 Å². The zero-order valence-electron chi connectivity index (χ0n) is 9.44. The number of benzene rings is 1. The summed E-state index contributed by atoms with van der Waals surface area (Å²) in [6.07, 6.45) is 0.532. The Bertz CT molecular complexity index is 456. The molecule has 0 spiro atoms. The molecule has 0 radical (unpaired) electrons. The van der Waals surface area contributed by atoms with Gasteiger partial charge in [0.15, 0.2) is 5.79 Å². The Balaban J connectivity index is 2.20. The third-order valence-corrected chi connectivity index (χ3v) is 2.55. The van der Waals surface area contributed by atoms with Crippen LogP contribution in [0.15, 0.2) is 40.3 Å². The molecule has 1 heterocycles. The number of nitrogens with zero attached hydrogens (tertiary/aromatic N) is 2. The summed E-state index contributed by atoms with van der Waals surface area (Å²) in [7, 11) is 1.72. The Morgan fingerprint density at radius 3 is 2.76 bits per heavy atom. The van der Waals surface area contributed by atoms with Crippen molar-refractivity contribution >= 4 is 22.9 Å². The van der Waals surface area contributed by atoms with Crippen LogP contribution in [0.5, 0.6) is 0 Å². The van der Waals surface area contributed by atoms with E-state index in [0.29, 0.717) is 12.4 Å². The van der Waals surface area contributed by atoms with Crippen LogP contribution in [0.25, 0.3) is 0 Å². The van der Waals surface area contributed by atoms with Gasteiger partial charge in [0.25, 0.3) is 0 Å². The van der Waals surface area contributed by atoms with Gasteiger partial charge >= 0.3 is 0 Å². The summed E-state index contributed by atoms with van der Waals surface area (Å²) in [6.45, 7) is 0. The Hall–Kier alpha value is -1.59. The molecule has 1 unspecified atom stereocenters. The third kappa shape index (κ3) is 2.95. The number of hydrogen-bond acceptors (Lipinski definition) is 5. The first-order valence-corrected chi connectivity index (χ1v) is 5.62. The second-order valence-corrected chi connectivity index (χ2v) is 4.16. The van der Waals surface area contributed by atoms with Crippen molar-refractivity contribution < 1.29 is 0 Å². The molecule has 0 fully saturated rings. The lowest BCUT2D eigenvalue weighted by Gasteiger charge is -2.29. The smallest absolute Gasteiger partial charge is 0.223 e. The quantitative estimate of drug-likeness (QED) is 0.675. The maximum absolute atomic E-state index is 6.14. The maximum Gasteiger partial charge on any atom is 0.223 e. The molecule has 1 atom stereocenters. The van der Waals surface area contributed by atoms with Crippen LogP contribution >= 0.6 is 11.6 Å². The topological polar surface area (TPSA) is 74.8 Å². The molecule has 4 N–H and O–H groups in total. The predicted molar refractivity (Wildman–Crippen MR) is 70.0 cm³/mol. The molecule has 1 aliphatic heterocycles. The molecule has 6 heteroatoms. The molecule has 1 aromatic carbocycles. The van der Waals surface area contributed by atoms with Crippen LogP contribution in [-0.2, 0) is 6.42 Å². The Labute approximate surface area is 105 Å². The van der Waals surface area contributed by atoms with E-state index >= 15 is 0 Å². The molecule has 1 aliphatic rings. The molecule has 2 rings (SSSR count).